The number of rotatable bonds is 9. The maximum absolute atomic E-state index is 12.3. The molecule has 0 saturated carbocycles. The summed E-state index contributed by atoms with van der Waals surface area (Å²) in [6, 6.07) is 2.18. The van der Waals surface area contributed by atoms with Crippen molar-refractivity contribution in [3.05, 3.63) is 15.8 Å². The van der Waals surface area contributed by atoms with E-state index in [1.807, 2.05) is 6.92 Å². The van der Waals surface area contributed by atoms with Crippen LogP contribution in [0.4, 0.5) is 0 Å². The summed E-state index contributed by atoms with van der Waals surface area (Å²) in [6.07, 6.45) is 1.91. The molecule has 4 nitrogen and oxygen atoms in total. The maximum atomic E-state index is 12.3. The molecule has 122 valence electrons. The lowest BCUT2D eigenvalue weighted by Gasteiger charge is -2.07. The lowest BCUT2D eigenvalue weighted by Crippen LogP contribution is -2.25. The summed E-state index contributed by atoms with van der Waals surface area (Å²) >= 11 is 1.55. The van der Waals surface area contributed by atoms with Gasteiger partial charge in [0.25, 0.3) is 0 Å². The highest BCUT2D eigenvalue weighted by atomic mass is 32.2. The van der Waals surface area contributed by atoms with Gasteiger partial charge in [-0.1, -0.05) is 27.7 Å². The van der Waals surface area contributed by atoms with Crippen molar-refractivity contribution in [2.45, 2.75) is 64.9 Å². The van der Waals surface area contributed by atoms with Gasteiger partial charge in [-0.05, 0) is 31.7 Å². The van der Waals surface area contributed by atoms with Crippen molar-refractivity contribution in [3.63, 3.8) is 0 Å². The van der Waals surface area contributed by atoms with Gasteiger partial charge in [-0.25, -0.2) is 13.1 Å². The highest BCUT2D eigenvalue weighted by Crippen LogP contribution is 2.25. The van der Waals surface area contributed by atoms with Crippen LogP contribution in [0, 0.1) is 12.8 Å². The molecule has 0 radical (unpaired) electrons. The summed E-state index contributed by atoms with van der Waals surface area (Å²) in [5, 5.41) is 3.31. The van der Waals surface area contributed by atoms with E-state index in [0.29, 0.717) is 29.9 Å². The Morgan fingerprint density at radius 2 is 1.90 bits per heavy atom. The minimum absolute atomic E-state index is 0.390. The van der Waals surface area contributed by atoms with Gasteiger partial charge in [-0.15, -0.1) is 11.3 Å². The molecule has 1 aromatic heterocycles. The zero-order valence-corrected chi connectivity index (χ0v) is 15.3. The van der Waals surface area contributed by atoms with E-state index in [1.165, 1.54) is 0 Å². The van der Waals surface area contributed by atoms with Crippen molar-refractivity contribution in [1.29, 1.82) is 0 Å². The first kappa shape index (κ1) is 18.6. The Bertz CT molecular complexity index is 534. The van der Waals surface area contributed by atoms with Crippen molar-refractivity contribution in [2.75, 3.05) is 6.54 Å². The number of sulfonamides is 1. The van der Waals surface area contributed by atoms with Gasteiger partial charge >= 0.3 is 0 Å². The highest BCUT2D eigenvalue weighted by Gasteiger charge is 2.19. The molecule has 21 heavy (non-hydrogen) atoms. The normalized spacial score (nSPS) is 12.5. The number of nitrogens with one attached hydrogen (secondary N) is 2. The molecule has 0 aromatic carbocycles. The third-order valence-electron chi connectivity index (χ3n) is 3.15. The molecule has 0 bridgehead atoms. The van der Waals surface area contributed by atoms with Crippen LogP contribution >= 0.6 is 11.3 Å². The van der Waals surface area contributed by atoms with Crippen LogP contribution in [-0.4, -0.2) is 21.0 Å². The van der Waals surface area contributed by atoms with Crippen LogP contribution in [0.25, 0.3) is 0 Å². The fraction of sp³-hybridized carbons (Fsp3) is 0.733. The van der Waals surface area contributed by atoms with Gasteiger partial charge in [-0.2, -0.15) is 0 Å². The molecule has 0 saturated heterocycles. The summed E-state index contributed by atoms with van der Waals surface area (Å²) in [7, 11) is -3.37. The number of hydrogen-bond acceptors (Lipinski definition) is 4. The van der Waals surface area contributed by atoms with Gasteiger partial charge in [0.15, 0.2) is 0 Å². The number of thiophene rings is 1. The number of aryl methyl sites for hydroxylation is 1. The minimum atomic E-state index is -3.37. The van der Waals surface area contributed by atoms with E-state index in [1.54, 1.807) is 17.4 Å². The molecule has 0 aliphatic rings. The standard InChI is InChI=1S/C15H28N2O2S2/c1-11(2)7-6-8-17-21(18,19)15-9-14(20-13(15)5)10-16-12(3)4/h9,11-12,16-17H,6-8,10H2,1-5H3. The molecule has 0 aliphatic carbocycles. The monoisotopic (exact) mass is 332 g/mol. The molecule has 1 heterocycles. The minimum Gasteiger partial charge on any atom is -0.310 e. The quantitative estimate of drug-likeness (QED) is 0.682. The molecule has 0 aliphatic heterocycles. The molecule has 1 aromatic rings. The number of hydrogen-bond donors (Lipinski definition) is 2. The third kappa shape index (κ3) is 6.46. The van der Waals surface area contributed by atoms with Crippen molar-refractivity contribution in [1.82, 2.24) is 10.0 Å². The van der Waals surface area contributed by atoms with Crippen LogP contribution in [0.15, 0.2) is 11.0 Å². The molecular weight excluding hydrogens is 304 g/mol. The van der Waals surface area contributed by atoms with Gasteiger partial charge in [0.1, 0.15) is 0 Å². The lowest BCUT2D eigenvalue weighted by atomic mass is 10.1. The molecular formula is C15H28N2O2S2. The van der Waals surface area contributed by atoms with E-state index in [9.17, 15) is 8.42 Å². The second-order valence-electron chi connectivity index (χ2n) is 6.10. The van der Waals surface area contributed by atoms with Gasteiger partial charge in [-0.3, -0.25) is 0 Å². The van der Waals surface area contributed by atoms with Crippen LogP contribution < -0.4 is 10.0 Å². The van der Waals surface area contributed by atoms with Crippen molar-refractivity contribution >= 4 is 21.4 Å². The summed E-state index contributed by atoms with van der Waals surface area (Å²) in [4.78, 5) is 2.34. The smallest absolute Gasteiger partial charge is 0.241 e. The molecule has 6 heteroatoms. The summed E-state index contributed by atoms with van der Waals surface area (Å²) in [5.41, 5.74) is 0. The second kappa shape index (κ2) is 8.27. The first-order valence-electron chi connectivity index (χ1n) is 7.54. The molecule has 2 N–H and O–H groups in total. The van der Waals surface area contributed by atoms with Crippen LogP contribution in [0.1, 0.15) is 50.3 Å². The van der Waals surface area contributed by atoms with Crippen molar-refractivity contribution in [3.8, 4) is 0 Å². The van der Waals surface area contributed by atoms with Gasteiger partial charge in [0.05, 0.1) is 4.90 Å². The van der Waals surface area contributed by atoms with E-state index in [4.69, 9.17) is 0 Å². The predicted octanol–water partition coefficient (Wildman–Crippen LogP) is 3.27. The average Bonchev–Trinajstić information content (AvgIpc) is 2.74. The third-order valence-corrected chi connectivity index (χ3v) is 5.91. The van der Waals surface area contributed by atoms with Crippen LogP contribution in [0.2, 0.25) is 0 Å². The highest BCUT2D eigenvalue weighted by molar-refractivity contribution is 7.89. The zero-order chi connectivity index (χ0) is 16.0. The summed E-state index contributed by atoms with van der Waals surface area (Å²) < 4.78 is 27.4. The Hall–Kier alpha value is -0.430. The van der Waals surface area contributed by atoms with E-state index in [0.717, 1.165) is 22.6 Å². The first-order valence-corrected chi connectivity index (χ1v) is 9.84. The molecule has 0 unspecified atom stereocenters. The Morgan fingerprint density at radius 3 is 2.48 bits per heavy atom. The van der Waals surface area contributed by atoms with Crippen molar-refractivity contribution < 1.29 is 8.42 Å². The molecule has 0 amide bonds. The lowest BCUT2D eigenvalue weighted by molar-refractivity contribution is 0.540. The first-order chi connectivity index (χ1) is 9.72. The van der Waals surface area contributed by atoms with Crippen molar-refractivity contribution in [2.24, 2.45) is 5.92 Å². The fourth-order valence-electron chi connectivity index (χ4n) is 1.98. The maximum Gasteiger partial charge on any atom is 0.241 e. The van der Waals surface area contributed by atoms with Gasteiger partial charge < -0.3 is 5.32 Å². The Labute approximate surface area is 133 Å². The largest absolute Gasteiger partial charge is 0.310 e. The Kier molecular flexibility index (Phi) is 7.33. The van der Waals surface area contributed by atoms with Crippen LogP contribution in [-0.2, 0) is 16.6 Å². The van der Waals surface area contributed by atoms with Crippen LogP contribution in [0.5, 0.6) is 0 Å². The van der Waals surface area contributed by atoms with E-state index in [2.05, 4.69) is 37.7 Å². The van der Waals surface area contributed by atoms with Gasteiger partial charge in [0.2, 0.25) is 10.0 Å². The van der Waals surface area contributed by atoms with Gasteiger partial charge in [0, 0.05) is 28.9 Å². The predicted molar refractivity (Wildman–Crippen MR) is 90.3 cm³/mol. The molecule has 0 spiro atoms. The molecule has 0 fully saturated rings. The average molecular weight is 333 g/mol. The fourth-order valence-corrected chi connectivity index (χ4v) is 4.64. The molecule has 0 atom stereocenters. The second-order valence-corrected chi connectivity index (χ2v) is 9.18. The summed E-state index contributed by atoms with van der Waals surface area (Å²) in [6.45, 7) is 11.5. The Balaban J connectivity index is 2.65. The Morgan fingerprint density at radius 1 is 1.24 bits per heavy atom. The van der Waals surface area contributed by atoms with E-state index in [-0.39, 0.29) is 0 Å². The zero-order valence-electron chi connectivity index (χ0n) is 13.7. The van der Waals surface area contributed by atoms with E-state index < -0.39 is 10.0 Å². The van der Waals surface area contributed by atoms with E-state index >= 15 is 0 Å². The van der Waals surface area contributed by atoms with Crippen LogP contribution in [0.3, 0.4) is 0 Å². The topological polar surface area (TPSA) is 58.2 Å². The molecule has 1 rings (SSSR count). The SMILES string of the molecule is Cc1sc(CNC(C)C)cc1S(=O)(=O)NCCCC(C)C. The summed E-state index contributed by atoms with van der Waals surface area (Å²) in [5.74, 6) is 0.603.